The molecular weight excluding hydrogens is 274 g/mol. The fourth-order valence-electron chi connectivity index (χ4n) is 2.26. The fourth-order valence-corrected chi connectivity index (χ4v) is 2.26. The van der Waals surface area contributed by atoms with Gasteiger partial charge >= 0.3 is 0 Å². The van der Waals surface area contributed by atoms with Crippen LogP contribution in [0.2, 0.25) is 0 Å². The highest BCUT2D eigenvalue weighted by Crippen LogP contribution is 2.20. The summed E-state index contributed by atoms with van der Waals surface area (Å²) in [4.78, 5) is 36.2. The molecule has 2 rings (SSSR count). The van der Waals surface area contributed by atoms with Crippen LogP contribution in [-0.2, 0) is 20.9 Å². The number of amides is 3. The molecule has 0 aromatic carbocycles. The molecule has 7 heteroatoms. The van der Waals surface area contributed by atoms with Gasteiger partial charge in [-0.2, -0.15) is 0 Å². The van der Waals surface area contributed by atoms with Gasteiger partial charge in [-0.3, -0.25) is 14.4 Å². The zero-order valence-corrected chi connectivity index (χ0v) is 11.9. The van der Waals surface area contributed by atoms with E-state index < -0.39 is 0 Å². The molecule has 3 amide bonds. The van der Waals surface area contributed by atoms with Gasteiger partial charge in [0.25, 0.3) is 0 Å². The molecule has 0 radical (unpaired) electrons. The average Bonchev–Trinajstić information content (AvgIpc) is 3.05. The molecule has 0 saturated carbocycles. The first-order valence-electron chi connectivity index (χ1n) is 6.88. The second kappa shape index (κ2) is 6.92. The maximum atomic E-state index is 12.0. The molecule has 7 nitrogen and oxygen atoms in total. The minimum Gasteiger partial charge on any atom is -0.467 e. The highest BCUT2D eigenvalue weighted by atomic mass is 16.3. The van der Waals surface area contributed by atoms with Crippen molar-refractivity contribution in [1.82, 2.24) is 15.5 Å². The molecule has 1 atom stereocenters. The van der Waals surface area contributed by atoms with Gasteiger partial charge in [0.05, 0.1) is 18.7 Å². The molecule has 1 fully saturated rings. The van der Waals surface area contributed by atoms with Gasteiger partial charge in [0.15, 0.2) is 0 Å². The van der Waals surface area contributed by atoms with E-state index in [4.69, 9.17) is 4.42 Å². The van der Waals surface area contributed by atoms with Gasteiger partial charge in [-0.25, -0.2) is 0 Å². The minimum absolute atomic E-state index is 0.0478. The Morgan fingerprint density at radius 1 is 1.38 bits per heavy atom. The van der Waals surface area contributed by atoms with Crippen LogP contribution in [0.25, 0.3) is 0 Å². The summed E-state index contributed by atoms with van der Waals surface area (Å²) in [6.45, 7) is 2.95. The van der Waals surface area contributed by atoms with Crippen LogP contribution in [0, 0.1) is 5.92 Å². The number of nitrogens with zero attached hydrogens (tertiary/aromatic N) is 1. The molecule has 2 N–H and O–H groups in total. The third kappa shape index (κ3) is 4.34. The standard InChI is InChI=1S/C14H19N3O4/c1-10(18)15-4-5-16-14(20)11-7-13(19)17(8-11)9-12-3-2-6-21-12/h2-3,6,11H,4-5,7-9H2,1H3,(H,15,18)(H,16,20). The molecule has 114 valence electrons. The van der Waals surface area contributed by atoms with Crippen LogP contribution < -0.4 is 10.6 Å². The van der Waals surface area contributed by atoms with Gasteiger partial charge in [0.2, 0.25) is 17.7 Å². The van der Waals surface area contributed by atoms with Gasteiger partial charge in [-0.1, -0.05) is 0 Å². The largest absolute Gasteiger partial charge is 0.467 e. The number of carbonyl (C=O) groups is 3. The number of rotatable bonds is 6. The van der Waals surface area contributed by atoms with E-state index in [1.807, 2.05) is 0 Å². The van der Waals surface area contributed by atoms with E-state index in [1.54, 1.807) is 23.3 Å². The fraction of sp³-hybridized carbons (Fsp3) is 0.500. The zero-order valence-electron chi connectivity index (χ0n) is 11.9. The Labute approximate surface area is 122 Å². The van der Waals surface area contributed by atoms with Crippen LogP contribution in [0.4, 0.5) is 0 Å². The first kappa shape index (κ1) is 15.1. The molecule has 0 aliphatic carbocycles. The molecule has 1 aliphatic rings. The summed E-state index contributed by atoms with van der Waals surface area (Å²) < 4.78 is 5.21. The topological polar surface area (TPSA) is 91.7 Å². The highest BCUT2D eigenvalue weighted by molar-refractivity contribution is 5.89. The molecule has 1 aromatic heterocycles. The molecule has 0 bridgehead atoms. The van der Waals surface area contributed by atoms with E-state index in [0.29, 0.717) is 31.9 Å². The first-order valence-corrected chi connectivity index (χ1v) is 6.88. The van der Waals surface area contributed by atoms with E-state index in [9.17, 15) is 14.4 Å². The Bertz CT molecular complexity index is 512. The lowest BCUT2D eigenvalue weighted by molar-refractivity contribution is -0.129. The summed E-state index contributed by atoms with van der Waals surface area (Å²) in [5.41, 5.74) is 0. The number of furan rings is 1. The summed E-state index contributed by atoms with van der Waals surface area (Å²) >= 11 is 0. The van der Waals surface area contributed by atoms with Crippen LogP contribution in [0.3, 0.4) is 0 Å². The van der Waals surface area contributed by atoms with Crippen LogP contribution in [0.1, 0.15) is 19.1 Å². The third-order valence-electron chi connectivity index (χ3n) is 3.31. The van der Waals surface area contributed by atoms with Gasteiger partial charge < -0.3 is 20.0 Å². The smallest absolute Gasteiger partial charge is 0.225 e. The van der Waals surface area contributed by atoms with Crippen molar-refractivity contribution >= 4 is 17.7 Å². The summed E-state index contributed by atoms with van der Waals surface area (Å²) in [7, 11) is 0. The van der Waals surface area contributed by atoms with E-state index in [1.165, 1.54) is 6.92 Å². The SMILES string of the molecule is CC(=O)NCCNC(=O)C1CC(=O)N(Cc2ccco2)C1. The Balaban J connectivity index is 1.76. The van der Waals surface area contributed by atoms with Crippen molar-refractivity contribution in [3.8, 4) is 0 Å². The molecule has 2 heterocycles. The Morgan fingerprint density at radius 2 is 2.14 bits per heavy atom. The summed E-state index contributed by atoms with van der Waals surface area (Å²) in [6.07, 6.45) is 1.77. The van der Waals surface area contributed by atoms with Crippen molar-refractivity contribution in [2.24, 2.45) is 5.92 Å². The molecule has 1 aromatic rings. The maximum Gasteiger partial charge on any atom is 0.225 e. The van der Waals surface area contributed by atoms with E-state index >= 15 is 0 Å². The van der Waals surface area contributed by atoms with Crippen LogP contribution in [0.15, 0.2) is 22.8 Å². The normalized spacial score (nSPS) is 17.9. The van der Waals surface area contributed by atoms with Gasteiger partial charge in [-0.05, 0) is 12.1 Å². The number of likely N-dealkylation sites (tertiary alicyclic amines) is 1. The zero-order chi connectivity index (χ0) is 15.2. The van der Waals surface area contributed by atoms with Crippen molar-refractivity contribution in [2.75, 3.05) is 19.6 Å². The molecule has 1 saturated heterocycles. The van der Waals surface area contributed by atoms with E-state index in [0.717, 1.165) is 0 Å². The van der Waals surface area contributed by atoms with Crippen molar-refractivity contribution in [2.45, 2.75) is 19.9 Å². The number of hydrogen-bond acceptors (Lipinski definition) is 4. The Hall–Kier alpha value is -2.31. The van der Waals surface area contributed by atoms with Crippen LogP contribution in [-0.4, -0.2) is 42.3 Å². The summed E-state index contributed by atoms with van der Waals surface area (Å²) in [5.74, 6) is 0.0221. The monoisotopic (exact) mass is 293 g/mol. The van der Waals surface area contributed by atoms with Gasteiger partial charge in [0.1, 0.15) is 5.76 Å². The molecule has 1 unspecified atom stereocenters. The summed E-state index contributed by atoms with van der Waals surface area (Å²) in [6, 6.07) is 3.57. The first-order chi connectivity index (χ1) is 10.1. The molecule has 0 spiro atoms. The molecule has 21 heavy (non-hydrogen) atoms. The lowest BCUT2D eigenvalue weighted by Crippen LogP contribution is -2.37. The molecule has 1 aliphatic heterocycles. The summed E-state index contributed by atoms with van der Waals surface area (Å²) in [5, 5.41) is 5.32. The van der Waals surface area contributed by atoms with Gasteiger partial charge in [-0.15, -0.1) is 0 Å². The predicted octanol–water partition coefficient (Wildman–Crippen LogP) is -0.120. The minimum atomic E-state index is -0.343. The Kier molecular flexibility index (Phi) is 4.97. The van der Waals surface area contributed by atoms with Crippen molar-refractivity contribution in [3.63, 3.8) is 0 Å². The van der Waals surface area contributed by atoms with Gasteiger partial charge in [0, 0.05) is 33.0 Å². The second-order valence-electron chi connectivity index (χ2n) is 5.03. The predicted molar refractivity (Wildman–Crippen MR) is 73.9 cm³/mol. The van der Waals surface area contributed by atoms with Crippen LogP contribution >= 0.6 is 0 Å². The quantitative estimate of drug-likeness (QED) is 0.715. The average molecular weight is 293 g/mol. The van der Waals surface area contributed by atoms with Crippen molar-refractivity contribution < 1.29 is 18.8 Å². The number of carbonyl (C=O) groups excluding carboxylic acids is 3. The van der Waals surface area contributed by atoms with Crippen LogP contribution in [0.5, 0.6) is 0 Å². The van der Waals surface area contributed by atoms with Crippen molar-refractivity contribution in [1.29, 1.82) is 0 Å². The highest BCUT2D eigenvalue weighted by Gasteiger charge is 2.34. The van der Waals surface area contributed by atoms with E-state index in [2.05, 4.69) is 10.6 Å². The van der Waals surface area contributed by atoms with Crippen molar-refractivity contribution in [3.05, 3.63) is 24.2 Å². The number of nitrogens with one attached hydrogen (secondary N) is 2. The third-order valence-corrected chi connectivity index (χ3v) is 3.31. The molecular formula is C14H19N3O4. The lowest BCUT2D eigenvalue weighted by atomic mass is 10.1. The number of hydrogen-bond donors (Lipinski definition) is 2. The Morgan fingerprint density at radius 3 is 2.81 bits per heavy atom. The van der Waals surface area contributed by atoms with E-state index in [-0.39, 0.29) is 30.1 Å². The maximum absolute atomic E-state index is 12.0. The second-order valence-corrected chi connectivity index (χ2v) is 5.03. The lowest BCUT2D eigenvalue weighted by Gasteiger charge is -2.15.